The fourth-order valence-corrected chi connectivity index (χ4v) is 5.62. The monoisotopic (exact) mass is 476 g/mol. The van der Waals surface area contributed by atoms with Crippen LogP contribution in [-0.4, -0.2) is 6.61 Å². The van der Waals surface area contributed by atoms with Crippen LogP contribution in [0.3, 0.4) is 0 Å². The van der Waals surface area contributed by atoms with Crippen LogP contribution >= 0.6 is 0 Å². The lowest BCUT2D eigenvalue weighted by Gasteiger charge is -2.29. The minimum atomic E-state index is 0.421. The van der Waals surface area contributed by atoms with Crippen molar-refractivity contribution in [1.82, 2.24) is 0 Å². The highest BCUT2D eigenvalue weighted by molar-refractivity contribution is 5.82. The highest BCUT2D eigenvalue weighted by atomic mass is 16.5. The number of rotatable bonds is 9. The molecule has 3 heteroatoms. The molecule has 1 fully saturated rings. The maximum atomic E-state index is 10.0. The Labute approximate surface area is 216 Å². The van der Waals surface area contributed by atoms with E-state index in [2.05, 4.69) is 43.3 Å². The van der Waals surface area contributed by atoms with Gasteiger partial charge in [0.2, 0.25) is 0 Å². The van der Waals surface area contributed by atoms with Gasteiger partial charge in [0.1, 0.15) is 17.9 Å². The van der Waals surface area contributed by atoms with Crippen LogP contribution in [0.1, 0.15) is 87.8 Å². The lowest BCUT2D eigenvalue weighted by atomic mass is 9.77. The Morgan fingerprint density at radius 1 is 0.722 bits per heavy atom. The third-order valence-corrected chi connectivity index (χ3v) is 7.66. The summed E-state index contributed by atoms with van der Waals surface area (Å²) in [6.07, 6.45) is 10.7. The number of hydrogen-bond acceptors (Lipinski definition) is 3. The molecule has 3 nitrogen and oxygen atoms in total. The molecule has 0 spiro atoms. The second-order valence-corrected chi connectivity index (χ2v) is 9.93. The average Bonchev–Trinajstić information content (AvgIpc) is 2.93. The molecule has 0 radical (unpaired) electrons. The number of unbranched alkanes of at least 4 members (excludes halogenated alkanes) is 2. The molecule has 0 atom stereocenters. The molecule has 0 aromatic heterocycles. The summed E-state index contributed by atoms with van der Waals surface area (Å²) < 4.78 is 5.54. The second-order valence-electron chi connectivity index (χ2n) is 9.93. The molecule has 3 aromatic rings. The van der Waals surface area contributed by atoms with Crippen molar-refractivity contribution in [1.29, 1.82) is 10.5 Å². The van der Waals surface area contributed by atoms with Gasteiger partial charge in [-0.3, -0.25) is 0 Å². The van der Waals surface area contributed by atoms with Gasteiger partial charge in [-0.1, -0.05) is 81.1 Å². The number of benzene rings is 3. The summed E-state index contributed by atoms with van der Waals surface area (Å²) in [6.45, 7) is 4.83. The van der Waals surface area contributed by atoms with Crippen molar-refractivity contribution in [2.24, 2.45) is 5.92 Å². The highest BCUT2D eigenvalue weighted by Gasteiger charge is 2.22. The Balaban J connectivity index is 1.52. The predicted octanol–water partition coefficient (Wildman–Crippen LogP) is 9.02. The topological polar surface area (TPSA) is 56.8 Å². The van der Waals surface area contributed by atoms with E-state index in [1.54, 1.807) is 0 Å². The first-order chi connectivity index (χ1) is 17.7. The summed E-state index contributed by atoms with van der Waals surface area (Å²) in [4.78, 5) is 0. The van der Waals surface area contributed by atoms with Gasteiger partial charge in [0, 0.05) is 11.1 Å². The van der Waals surface area contributed by atoms with Crippen LogP contribution in [0.5, 0.6) is 5.75 Å². The van der Waals surface area contributed by atoms with Gasteiger partial charge < -0.3 is 4.74 Å². The van der Waals surface area contributed by atoms with Crippen molar-refractivity contribution in [3.05, 3.63) is 77.4 Å². The van der Waals surface area contributed by atoms with Crippen molar-refractivity contribution in [3.63, 3.8) is 0 Å². The van der Waals surface area contributed by atoms with Crippen LogP contribution in [0, 0.1) is 28.6 Å². The predicted molar refractivity (Wildman–Crippen MR) is 147 cm³/mol. The summed E-state index contributed by atoms with van der Waals surface area (Å²) in [5.41, 5.74) is 5.73. The van der Waals surface area contributed by atoms with Crippen molar-refractivity contribution in [2.75, 3.05) is 6.61 Å². The van der Waals surface area contributed by atoms with E-state index in [1.165, 1.54) is 56.9 Å². The second kappa shape index (κ2) is 12.4. The van der Waals surface area contributed by atoms with Crippen LogP contribution < -0.4 is 4.74 Å². The number of ether oxygens (including phenoxy) is 1. The molecule has 0 heterocycles. The molecular weight excluding hydrogens is 440 g/mol. The third-order valence-electron chi connectivity index (χ3n) is 7.66. The van der Waals surface area contributed by atoms with Crippen LogP contribution in [0.4, 0.5) is 0 Å². The molecular formula is C33H36N2O. The molecule has 0 saturated heterocycles. The number of nitriles is 2. The SMILES string of the molecule is CCCCCC1CCC(c2ccc(-c3ccc(-c4ccc(OCC)cc4)c(C#N)c3C#N)cc2)CC1. The van der Waals surface area contributed by atoms with E-state index in [4.69, 9.17) is 4.74 Å². The molecule has 184 valence electrons. The third kappa shape index (κ3) is 5.80. The van der Waals surface area contributed by atoms with Crippen molar-refractivity contribution >= 4 is 0 Å². The first-order valence-electron chi connectivity index (χ1n) is 13.5. The quantitative estimate of drug-likeness (QED) is 0.289. The van der Waals surface area contributed by atoms with Gasteiger partial charge in [0.05, 0.1) is 17.7 Å². The smallest absolute Gasteiger partial charge is 0.119 e. The van der Waals surface area contributed by atoms with E-state index in [0.717, 1.165) is 33.9 Å². The van der Waals surface area contributed by atoms with Crippen molar-refractivity contribution < 1.29 is 4.74 Å². The standard InChI is InChI=1S/C33H36N2O/c1-3-5-6-7-24-8-10-25(11-9-24)26-12-14-27(15-13-26)30-20-21-31(33(23-35)32(30)22-34)28-16-18-29(19-17-28)36-4-2/h12-21,24-25H,3-11H2,1-2H3. The molecule has 0 unspecified atom stereocenters. The number of nitrogens with zero attached hydrogens (tertiary/aromatic N) is 2. The summed E-state index contributed by atoms with van der Waals surface area (Å²) in [5.74, 6) is 2.33. The van der Waals surface area contributed by atoms with E-state index in [1.807, 2.05) is 43.3 Å². The summed E-state index contributed by atoms with van der Waals surface area (Å²) >= 11 is 0. The fraction of sp³-hybridized carbons (Fsp3) is 0.394. The van der Waals surface area contributed by atoms with E-state index < -0.39 is 0 Å². The van der Waals surface area contributed by atoms with Crippen LogP contribution in [0.25, 0.3) is 22.3 Å². The molecule has 1 saturated carbocycles. The summed E-state index contributed by atoms with van der Waals surface area (Å²) in [7, 11) is 0. The Bertz CT molecular complexity index is 1220. The molecule has 0 bridgehead atoms. The molecule has 36 heavy (non-hydrogen) atoms. The van der Waals surface area contributed by atoms with Crippen molar-refractivity contribution in [3.8, 4) is 40.1 Å². The molecule has 1 aliphatic rings. The Kier molecular flexibility index (Phi) is 8.80. The van der Waals surface area contributed by atoms with Crippen LogP contribution in [-0.2, 0) is 0 Å². The molecule has 0 N–H and O–H groups in total. The Hall–Kier alpha value is -3.56. The van der Waals surface area contributed by atoms with Gasteiger partial charge in [-0.15, -0.1) is 0 Å². The molecule has 0 amide bonds. The Morgan fingerprint density at radius 2 is 1.28 bits per heavy atom. The minimum absolute atomic E-state index is 0.421. The number of hydrogen-bond donors (Lipinski definition) is 0. The van der Waals surface area contributed by atoms with Gasteiger partial charge in [-0.05, 0) is 73.3 Å². The van der Waals surface area contributed by atoms with Gasteiger partial charge in [-0.2, -0.15) is 10.5 Å². The van der Waals surface area contributed by atoms with Gasteiger partial charge in [0.25, 0.3) is 0 Å². The van der Waals surface area contributed by atoms with Gasteiger partial charge in [-0.25, -0.2) is 0 Å². The van der Waals surface area contributed by atoms with Crippen molar-refractivity contribution in [2.45, 2.75) is 71.1 Å². The molecule has 4 rings (SSSR count). The molecule has 0 aliphatic heterocycles. The maximum Gasteiger partial charge on any atom is 0.119 e. The largest absolute Gasteiger partial charge is 0.494 e. The Morgan fingerprint density at radius 3 is 1.78 bits per heavy atom. The first kappa shape index (κ1) is 25.5. The first-order valence-corrected chi connectivity index (χ1v) is 13.5. The molecule has 3 aromatic carbocycles. The molecule has 1 aliphatic carbocycles. The summed E-state index contributed by atoms with van der Waals surface area (Å²) in [6, 6.07) is 24.9. The lowest BCUT2D eigenvalue weighted by molar-refractivity contribution is 0.303. The minimum Gasteiger partial charge on any atom is -0.494 e. The van der Waals surface area contributed by atoms with Gasteiger partial charge >= 0.3 is 0 Å². The zero-order valence-corrected chi connectivity index (χ0v) is 21.6. The van der Waals surface area contributed by atoms with E-state index in [0.29, 0.717) is 23.7 Å². The summed E-state index contributed by atoms with van der Waals surface area (Å²) in [5, 5.41) is 20.0. The normalized spacial score (nSPS) is 17.2. The van der Waals surface area contributed by atoms with Crippen LogP contribution in [0.2, 0.25) is 0 Å². The van der Waals surface area contributed by atoms with Gasteiger partial charge in [0.15, 0.2) is 0 Å². The van der Waals surface area contributed by atoms with Crippen LogP contribution in [0.15, 0.2) is 60.7 Å². The van der Waals surface area contributed by atoms with E-state index >= 15 is 0 Å². The lowest BCUT2D eigenvalue weighted by Crippen LogP contribution is -2.13. The zero-order chi connectivity index (χ0) is 25.3. The highest BCUT2D eigenvalue weighted by Crippen LogP contribution is 2.39. The maximum absolute atomic E-state index is 10.0. The fourth-order valence-electron chi connectivity index (χ4n) is 5.62. The van der Waals surface area contributed by atoms with E-state index in [-0.39, 0.29) is 0 Å². The zero-order valence-electron chi connectivity index (χ0n) is 21.6. The average molecular weight is 477 g/mol. The van der Waals surface area contributed by atoms with E-state index in [9.17, 15) is 10.5 Å².